The van der Waals surface area contributed by atoms with Crippen molar-refractivity contribution in [2.45, 2.75) is 12.6 Å². The maximum atomic E-state index is 11.7. The van der Waals surface area contributed by atoms with Crippen LogP contribution in [0.1, 0.15) is 5.56 Å². The lowest BCUT2D eigenvalue weighted by atomic mass is 10.2. The Morgan fingerprint density at radius 1 is 1.47 bits per heavy atom. The Morgan fingerprint density at radius 3 is 2.76 bits per heavy atom. The van der Waals surface area contributed by atoms with Crippen LogP contribution in [0.5, 0.6) is 0 Å². The molecule has 17 heavy (non-hydrogen) atoms. The third-order valence-electron chi connectivity index (χ3n) is 2.62. The van der Waals surface area contributed by atoms with E-state index < -0.39 is 18.1 Å². The van der Waals surface area contributed by atoms with Crippen LogP contribution in [0.25, 0.3) is 0 Å². The van der Waals surface area contributed by atoms with Gasteiger partial charge in [-0.1, -0.05) is 30.3 Å². The topological polar surface area (TPSA) is 55.8 Å². The first-order valence-corrected chi connectivity index (χ1v) is 5.28. The highest BCUT2D eigenvalue weighted by Gasteiger charge is 2.36. The first kappa shape index (κ1) is 11.4. The van der Waals surface area contributed by atoms with Gasteiger partial charge in [0.25, 0.3) is 0 Å². The van der Waals surface area contributed by atoms with E-state index in [1.807, 2.05) is 30.3 Å². The van der Waals surface area contributed by atoms with E-state index in [4.69, 9.17) is 9.47 Å². The molecule has 0 aromatic heterocycles. The summed E-state index contributed by atoms with van der Waals surface area (Å²) >= 11 is 0. The van der Waals surface area contributed by atoms with E-state index in [1.165, 1.54) is 11.9 Å². The van der Waals surface area contributed by atoms with Gasteiger partial charge in [0.15, 0.2) is 6.04 Å². The Labute approximate surface area is 98.9 Å². The zero-order valence-electron chi connectivity index (χ0n) is 9.46. The van der Waals surface area contributed by atoms with Crippen molar-refractivity contribution < 1.29 is 19.1 Å². The highest BCUT2D eigenvalue weighted by atomic mass is 16.6. The van der Waals surface area contributed by atoms with Crippen LogP contribution in [0, 0.1) is 0 Å². The van der Waals surface area contributed by atoms with Crippen molar-refractivity contribution in [3.05, 3.63) is 35.9 Å². The van der Waals surface area contributed by atoms with Gasteiger partial charge < -0.3 is 9.47 Å². The van der Waals surface area contributed by atoms with E-state index in [9.17, 15) is 9.59 Å². The molecule has 0 spiro atoms. The molecule has 1 unspecified atom stereocenters. The van der Waals surface area contributed by atoms with Crippen molar-refractivity contribution in [2.75, 3.05) is 13.7 Å². The Morgan fingerprint density at radius 2 is 2.18 bits per heavy atom. The van der Waals surface area contributed by atoms with Crippen LogP contribution in [-0.2, 0) is 20.9 Å². The highest BCUT2D eigenvalue weighted by molar-refractivity contribution is 5.83. The molecule has 2 rings (SSSR count). The maximum Gasteiger partial charge on any atom is 0.410 e. The number of rotatable bonds is 3. The number of hydrogen-bond acceptors (Lipinski definition) is 4. The Kier molecular flexibility index (Phi) is 3.27. The molecule has 1 heterocycles. The number of nitrogens with zero attached hydrogens (tertiary/aromatic N) is 1. The van der Waals surface area contributed by atoms with E-state index in [0.717, 1.165) is 5.56 Å². The quantitative estimate of drug-likeness (QED) is 0.738. The van der Waals surface area contributed by atoms with Crippen LogP contribution in [0.15, 0.2) is 30.3 Å². The summed E-state index contributed by atoms with van der Waals surface area (Å²) in [6.45, 7) is 0.265. The number of carbonyl (C=O) groups is 2. The van der Waals surface area contributed by atoms with Crippen LogP contribution < -0.4 is 0 Å². The van der Waals surface area contributed by atoms with Crippen LogP contribution in [0.2, 0.25) is 0 Å². The molecule has 1 aliphatic heterocycles. The molecule has 1 aromatic carbocycles. The summed E-state index contributed by atoms with van der Waals surface area (Å²) in [5.74, 6) is -0.442. The zero-order valence-corrected chi connectivity index (χ0v) is 9.46. The molecule has 0 radical (unpaired) electrons. The summed E-state index contributed by atoms with van der Waals surface area (Å²) in [7, 11) is 1.52. The fraction of sp³-hybridized carbons (Fsp3) is 0.333. The molecule has 90 valence electrons. The molecule has 0 bridgehead atoms. The number of esters is 1. The minimum absolute atomic E-state index is 0.0585. The molecular weight excluding hydrogens is 222 g/mol. The van der Waals surface area contributed by atoms with Gasteiger partial charge >= 0.3 is 12.1 Å². The van der Waals surface area contributed by atoms with Gasteiger partial charge in [-0.25, -0.2) is 9.59 Å². The number of amides is 1. The lowest BCUT2D eigenvalue weighted by Gasteiger charge is -2.14. The van der Waals surface area contributed by atoms with Gasteiger partial charge in [-0.15, -0.1) is 0 Å². The highest BCUT2D eigenvalue weighted by Crippen LogP contribution is 2.12. The van der Waals surface area contributed by atoms with Crippen molar-refractivity contribution in [1.29, 1.82) is 0 Å². The van der Waals surface area contributed by atoms with E-state index in [-0.39, 0.29) is 13.2 Å². The van der Waals surface area contributed by atoms with Gasteiger partial charge in [-0.3, -0.25) is 4.90 Å². The summed E-state index contributed by atoms with van der Waals surface area (Å²) in [5, 5.41) is 0. The zero-order chi connectivity index (χ0) is 12.3. The fourth-order valence-electron chi connectivity index (χ4n) is 1.54. The van der Waals surface area contributed by atoms with Gasteiger partial charge in [-0.05, 0) is 5.56 Å². The SMILES string of the molecule is CN1C(=O)OCC1C(=O)OCc1ccccc1. The van der Waals surface area contributed by atoms with E-state index in [2.05, 4.69) is 0 Å². The maximum absolute atomic E-state index is 11.7. The number of hydrogen-bond donors (Lipinski definition) is 0. The Balaban J connectivity index is 1.88. The molecule has 1 saturated heterocycles. The van der Waals surface area contributed by atoms with Crippen molar-refractivity contribution in [3.8, 4) is 0 Å². The minimum atomic E-state index is -0.633. The average molecular weight is 235 g/mol. The van der Waals surface area contributed by atoms with Crippen LogP contribution in [0.4, 0.5) is 4.79 Å². The van der Waals surface area contributed by atoms with Crippen molar-refractivity contribution >= 4 is 12.1 Å². The molecule has 1 atom stereocenters. The van der Waals surface area contributed by atoms with Crippen molar-refractivity contribution in [1.82, 2.24) is 4.90 Å². The number of carbonyl (C=O) groups excluding carboxylic acids is 2. The molecule has 1 amide bonds. The third-order valence-corrected chi connectivity index (χ3v) is 2.62. The predicted octanol–water partition coefficient (Wildman–Crippen LogP) is 1.18. The Hall–Kier alpha value is -2.04. The largest absolute Gasteiger partial charge is 0.459 e. The molecule has 5 heteroatoms. The van der Waals surface area contributed by atoms with E-state index in [0.29, 0.717) is 0 Å². The van der Waals surface area contributed by atoms with Gasteiger partial charge in [0.1, 0.15) is 13.2 Å². The Bertz CT molecular complexity index is 418. The average Bonchev–Trinajstić information content (AvgIpc) is 2.69. The molecular formula is C12H13NO4. The first-order valence-electron chi connectivity index (χ1n) is 5.28. The lowest BCUT2D eigenvalue weighted by Crippen LogP contribution is -2.37. The molecule has 0 N–H and O–H groups in total. The number of cyclic esters (lactones) is 1. The van der Waals surface area contributed by atoms with Crippen molar-refractivity contribution in [2.24, 2.45) is 0 Å². The summed E-state index contributed by atoms with van der Waals surface area (Å²) in [6.07, 6.45) is -0.494. The van der Waals surface area contributed by atoms with E-state index in [1.54, 1.807) is 0 Å². The number of ether oxygens (including phenoxy) is 2. The summed E-state index contributed by atoms with van der Waals surface area (Å²) in [6, 6.07) is 8.74. The molecule has 1 fully saturated rings. The second-order valence-corrected chi connectivity index (χ2v) is 3.80. The second kappa shape index (κ2) is 4.86. The van der Waals surface area contributed by atoms with E-state index >= 15 is 0 Å². The van der Waals surface area contributed by atoms with Crippen LogP contribution in [-0.4, -0.2) is 36.7 Å². The number of benzene rings is 1. The van der Waals surface area contributed by atoms with Gasteiger partial charge in [-0.2, -0.15) is 0 Å². The van der Waals surface area contributed by atoms with Gasteiger partial charge in [0.05, 0.1) is 0 Å². The molecule has 0 aliphatic carbocycles. The standard InChI is InChI=1S/C12H13NO4/c1-13-10(8-17-12(13)15)11(14)16-7-9-5-3-2-4-6-9/h2-6,10H,7-8H2,1H3. The van der Waals surface area contributed by atoms with Gasteiger partial charge in [0.2, 0.25) is 0 Å². The lowest BCUT2D eigenvalue weighted by molar-refractivity contribution is -0.149. The predicted molar refractivity (Wildman–Crippen MR) is 59.1 cm³/mol. The van der Waals surface area contributed by atoms with Gasteiger partial charge in [0, 0.05) is 7.05 Å². The first-order chi connectivity index (χ1) is 8.18. The normalized spacial score (nSPS) is 19.0. The summed E-state index contributed by atoms with van der Waals surface area (Å²) in [4.78, 5) is 24.0. The number of likely N-dealkylation sites (N-methyl/N-ethyl adjacent to an activating group) is 1. The molecule has 1 aliphatic rings. The smallest absolute Gasteiger partial charge is 0.410 e. The monoisotopic (exact) mass is 235 g/mol. The van der Waals surface area contributed by atoms with Crippen LogP contribution >= 0.6 is 0 Å². The van der Waals surface area contributed by atoms with Crippen molar-refractivity contribution in [3.63, 3.8) is 0 Å². The minimum Gasteiger partial charge on any atom is -0.459 e. The second-order valence-electron chi connectivity index (χ2n) is 3.80. The van der Waals surface area contributed by atoms with Crippen LogP contribution in [0.3, 0.4) is 0 Å². The molecule has 1 aromatic rings. The summed E-state index contributed by atoms with van der Waals surface area (Å²) < 4.78 is 9.85. The molecule has 0 saturated carbocycles. The fourth-order valence-corrected chi connectivity index (χ4v) is 1.54. The third kappa shape index (κ3) is 2.55. The molecule has 5 nitrogen and oxygen atoms in total. The summed E-state index contributed by atoms with van der Waals surface area (Å²) in [5.41, 5.74) is 0.911.